The highest BCUT2D eigenvalue weighted by atomic mass is 16.3. The van der Waals surface area contributed by atoms with Crippen molar-refractivity contribution in [3.63, 3.8) is 0 Å². The SMILES string of the molecule is c1ccc(-c2nc(-c3ccc(-c4cccc5oc6ccccc6c45)cc3)nc(-c3ccc(-c4cccc5c4-c4ccccc4C54c5ccccc5-c5ccccc54)c4ccccc34)n2)cc1. The highest BCUT2D eigenvalue weighted by molar-refractivity contribution is 6.13. The Morgan fingerprint density at radius 2 is 0.742 bits per heavy atom. The molecule has 2 heterocycles. The average Bonchev–Trinajstić information content (AvgIpc) is 4.03. The molecule has 0 amide bonds. The molecule has 2 aromatic heterocycles. The van der Waals surface area contributed by atoms with Crippen LogP contribution in [0.1, 0.15) is 22.3 Å². The van der Waals surface area contributed by atoms with Crippen molar-refractivity contribution in [3.8, 4) is 78.7 Å². The Morgan fingerprint density at radius 1 is 0.273 bits per heavy atom. The molecule has 0 atom stereocenters. The van der Waals surface area contributed by atoms with Crippen molar-refractivity contribution in [1.29, 1.82) is 0 Å². The lowest BCUT2D eigenvalue weighted by Gasteiger charge is -2.30. The van der Waals surface area contributed by atoms with Crippen molar-refractivity contribution < 1.29 is 4.42 Å². The third kappa shape index (κ3) is 5.18. The van der Waals surface area contributed by atoms with Gasteiger partial charge in [0.25, 0.3) is 0 Å². The van der Waals surface area contributed by atoms with Crippen LogP contribution in [0.4, 0.5) is 0 Å². The number of hydrogen-bond acceptors (Lipinski definition) is 4. The van der Waals surface area contributed by atoms with Gasteiger partial charge in [-0.1, -0.05) is 206 Å². The summed E-state index contributed by atoms with van der Waals surface area (Å²) in [6.45, 7) is 0. The zero-order chi connectivity index (χ0) is 43.3. The first kappa shape index (κ1) is 36.7. The minimum absolute atomic E-state index is 0.418. The molecule has 1 spiro atoms. The van der Waals surface area contributed by atoms with Crippen LogP contribution in [-0.4, -0.2) is 15.0 Å². The normalized spacial score (nSPS) is 13.0. The topological polar surface area (TPSA) is 51.8 Å². The summed E-state index contributed by atoms with van der Waals surface area (Å²) in [7, 11) is 0. The smallest absolute Gasteiger partial charge is 0.164 e. The lowest BCUT2D eigenvalue weighted by molar-refractivity contribution is 0.669. The molecule has 0 N–H and O–H groups in total. The molecule has 66 heavy (non-hydrogen) atoms. The van der Waals surface area contributed by atoms with Gasteiger partial charge < -0.3 is 4.42 Å². The lowest BCUT2D eigenvalue weighted by atomic mass is 9.70. The number of furan rings is 1. The van der Waals surface area contributed by atoms with Crippen LogP contribution in [0.25, 0.3) is 111 Å². The van der Waals surface area contributed by atoms with E-state index in [2.05, 4.69) is 188 Å². The quantitative estimate of drug-likeness (QED) is 0.173. The van der Waals surface area contributed by atoms with Crippen LogP contribution in [0, 0.1) is 0 Å². The molecule has 0 fully saturated rings. The number of para-hydroxylation sites is 1. The maximum Gasteiger partial charge on any atom is 0.164 e. The molecule has 4 nitrogen and oxygen atoms in total. The largest absolute Gasteiger partial charge is 0.456 e. The molecule has 2 aliphatic rings. The third-order valence-electron chi connectivity index (χ3n) is 14.0. The summed E-state index contributed by atoms with van der Waals surface area (Å²) in [5.41, 5.74) is 19.2. The number of nitrogens with zero attached hydrogens (tertiary/aromatic N) is 3. The van der Waals surface area contributed by atoms with E-state index in [-0.39, 0.29) is 0 Å². The fourth-order valence-corrected chi connectivity index (χ4v) is 11.3. The first-order valence-electron chi connectivity index (χ1n) is 22.5. The molecule has 4 heteroatoms. The van der Waals surface area contributed by atoms with Crippen molar-refractivity contribution in [3.05, 3.63) is 247 Å². The molecule has 14 rings (SSSR count). The van der Waals surface area contributed by atoms with Gasteiger partial charge in [0.2, 0.25) is 0 Å². The highest BCUT2D eigenvalue weighted by Crippen LogP contribution is 2.64. The maximum absolute atomic E-state index is 6.23. The van der Waals surface area contributed by atoms with Crippen molar-refractivity contribution in [1.82, 2.24) is 15.0 Å². The van der Waals surface area contributed by atoms with E-state index in [0.29, 0.717) is 17.5 Å². The van der Waals surface area contributed by atoms with E-state index in [1.807, 2.05) is 36.4 Å². The van der Waals surface area contributed by atoms with Crippen LogP contribution in [0.15, 0.2) is 229 Å². The summed E-state index contributed by atoms with van der Waals surface area (Å²) in [4.78, 5) is 15.6. The van der Waals surface area contributed by atoms with Crippen molar-refractivity contribution in [2.75, 3.05) is 0 Å². The molecule has 12 aromatic rings. The van der Waals surface area contributed by atoms with E-state index in [0.717, 1.165) is 60.5 Å². The molecule has 0 saturated carbocycles. The number of fused-ring (bicyclic) bond motifs is 14. The molecule has 0 saturated heterocycles. The van der Waals surface area contributed by atoms with Gasteiger partial charge in [-0.3, -0.25) is 0 Å². The molecule has 2 aliphatic carbocycles. The number of hydrogen-bond donors (Lipinski definition) is 0. The van der Waals surface area contributed by atoms with Crippen molar-refractivity contribution in [2.24, 2.45) is 0 Å². The molecular weight excluding hydrogens is 803 g/mol. The van der Waals surface area contributed by atoms with Crippen molar-refractivity contribution >= 4 is 32.7 Å². The Hall–Kier alpha value is -8.73. The third-order valence-corrected chi connectivity index (χ3v) is 14.0. The van der Waals surface area contributed by atoms with Gasteiger partial charge >= 0.3 is 0 Å². The Labute approximate surface area is 381 Å². The molecule has 10 aromatic carbocycles. The Morgan fingerprint density at radius 3 is 1.47 bits per heavy atom. The number of rotatable bonds is 5. The number of benzene rings is 10. The van der Waals surface area contributed by atoms with Crippen LogP contribution in [-0.2, 0) is 5.41 Å². The van der Waals surface area contributed by atoms with Crippen LogP contribution in [0.2, 0.25) is 0 Å². The van der Waals surface area contributed by atoms with E-state index in [9.17, 15) is 0 Å². The Bertz CT molecular complexity index is 3900. The Kier molecular flexibility index (Phi) is 7.87. The molecule has 0 unspecified atom stereocenters. The van der Waals surface area contributed by atoms with Crippen LogP contribution in [0.5, 0.6) is 0 Å². The monoisotopic (exact) mass is 839 g/mol. The summed E-state index contributed by atoms with van der Waals surface area (Å²) in [6.07, 6.45) is 0. The maximum atomic E-state index is 6.23. The van der Waals surface area contributed by atoms with Crippen LogP contribution < -0.4 is 0 Å². The fraction of sp³-hybridized carbons (Fsp3) is 0.0161. The molecular formula is C62H37N3O. The predicted molar refractivity (Wildman–Crippen MR) is 268 cm³/mol. The lowest BCUT2D eigenvalue weighted by Crippen LogP contribution is -2.25. The van der Waals surface area contributed by atoms with Crippen LogP contribution in [0.3, 0.4) is 0 Å². The second kappa shape index (κ2) is 14.1. The first-order chi connectivity index (χ1) is 32.7. The summed E-state index contributed by atoms with van der Waals surface area (Å²) < 4.78 is 6.23. The van der Waals surface area contributed by atoms with Gasteiger partial charge in [-0.05, 0) is 95.7 Å². The molecule has 0 radical (unpaired) electrons. The van der Waals surface area contributed by atoms with Gasteiger partial charge in [0.05, 0.1) is 5.41 Å². The van der Waals surface area contributed by atoms with Gasteiger partial charge in [-0.2, -0.15) is 0 Å². The first-order valence-corrected chi connectivity index (χ1v) is 22.5. The zero-order valence-corrected chi connectivity index (χ0v) is 35.6. The second-order valence-electron chi connectivity index (χ2n) is 17.3. The fourth-order valence-electron chi connectivity index (χ4n) is 11.3. The zero-order valence-electron chi connectivity index (χ0n) is 35.6. The summed E-state index contributed by atoms with van der Waals surface area (Å²) >= 11 is 0. The summed E-state index contributed by atoms with van der Waals surface area (Å²) in [5, 5.41) is 4.44. The second-order valence-corrected chi connectivity index (χ2v) is 17.3. The van der Waals surface area contributed by atoms with Crippen LogP contribution >= 0.6 is 0 Å². The van der Waals surface area contributed by atoms with Crippen molar-refractivity contribution in [2.45, 2.75) is 5.41 Å². The van der Waals surface area contributed by atoms with E-state index >= 15 is 0 Å². The van der Waals surface area contributed by atoms with Gasteiger partial charge in [0.1, 0.15) is 11.2 Å². The van der Waals surface area contributed by atoms with Gasteiger partial charge in [0.15, 0.2) is 17.5 Å². The van der Waals surface area contributed by atoms with E-state index in [4.69, 9.17) is 19.4 Å². The average molecular weight is 840 g/mol. The van der Waals surface area contributed by atoms with E-state index in [1.54, 1.807) is 0 Å². The standard InChI is InChI=1S/C62H37N3O/c1-2-16-39(17-3-1)59-63-60(40-34-32-38(33-35-40)41-24-15-31-56-58(41)50-23-9-13-30-55(50)66-56)65-61(64-59)48-37-36-44(42-18-4-5-19-43(42)48)47-25-14-29-54-57(47)49-22-8-12-28-53(49)62(54)51-26-10-6-20-45(51)46-21-7-11-27-52(46)62/h1-37H. The summed E-state index contributed by atoms with van der Waals surface area (Å²) in [6, 6.07) is 80.3. The number of aromatic nitrogens is 3. The van der Waals surface area contributed by atoms with Gasteiger partial charge in [-0.15, -0.1) is 0 Å². The molecule has 0 bridgehead atoms. The van der Waals surface area contributed by atoms with Gasteiger partial charge in [0, 0.05) is 27.5 Å². The minimum Gasteiger partial charge on any atom is -0.456 e. The van der Waals surface area contributed by atoms with E-state index in [1.165, 1.54) is 55.6 Å². The molecule has 0 aliphatic heterocycles. The van der Waals surface area contributed by atoms with E-state index < -0.39 is 5.41 Å². The van der Waals surface area contributed by atoms with Gasteiger partial charge in [-0.25, -0.2) is 15.0 Å². The predicted octanol–water partition coefficient (Wildman–Crippen LogP) is 15.6. The Balaban J connectivity index is 0.931. The molecule has 306 valence electrons. The summed E-state index contributed by atoms with van der Waals surface area (Å²) in [5.74, 6) is 1.87. The highest BCUT2D eigenvalue weighted by Gasteiger charge is 2.52. The minimum atomic E-state index is -0.418.